The van der Waals surface area contributed by atoms with Gasteiger partial charge in [0.2, 0.25) is 0 Å². The summed E-state index contributed by atoms with van der Waals surface area (Å²) in [6.45, 7) is 0. The summed E-state index contributed by atoms with van der Waals surface area (Å²) >= 11 is 0. The van der Waals surface area contributed by atoms with Crippen LogP contribution in [0.25, 0.3) is 0 Å². The van der Waals surface area contributed by atoms with Crippen molar-refractivity contribution >= 4 is 0 Å². The lowest BCUT2D eigenvalue weighted by atomic mass is 9.77. The minimum atomic E-state index is -0.389. The van der Waals surface area contributed by atoms with Crippen molar-refractivity contribution in [2.75, 3.05) is 0 Å². The molecule has 3 heteroatoms. The fraction of sp³-hybridized carbons (Fsp3) is 0.571. The van der Waals surface area contributed by atoms with E-state index in [2.05, 4.69) is 0 Å². The van der Waals surface area contributed by atoms with Crippen LogP contribution < -0.4 is 0 Å². The first-order chi connectivity index (χ1) is 11.7. The third-order valence-corrected chi connectivity index (χ3v) is 5.25. The summed E-state index contributed by atoms with van der Waals surface area (Å²) < 4.78 is 25.6. The summed E-state index contributed by atoms with van der Waals surface area (Å²) in [6, 6.07) is 6.95. The minimum Gasteiger partial charge on any atom is -0.216 e. The van der Waals surface area contributed by atoms with Crippen LogP contribution in [0.4, 0.5) is 8.78 Å². The van der Waals surface area contributed by atoms with Gasteiger partial charge in [-0.05, 0) is 68.1 Å². The molecule has 0 aromatic heterocycles. The van der Waals surface area contributed by atoms with Gasteiger partial charge in [0.05, 0.1) is 11.9 Å². The van der Waals surface area contributed by atoms with Gasteiger partial charge in [-0.3, -0.25) is 0 Å². The third kappa shape index (κ3) is 5.74. The minimum absolute atomic E-state index is 0.134. The van der Waals surface area contributed by atoms with Gasteiger partial charge in [0, 0.05) is 0 Å². The molecule has 1 fully saturated rings. The van der Waals surface area contributed by atoms with E-state index < -0.39 is 0 Å². The van der Waals surface area contributed by atoms with Crippen LogP contribution in [0.3, 0.4) is 0 Å². The zero-order valence-electron chi connectivity index (χ0n) is 14.3. The third-order valence-electron chi connectivity index (χ3n) is 5.25. The van der Waals surface area contributed by atoms with E-state index in [1.807, 2.05) is 12.1 Å². The fourth-order valence-corrected chi connectivity index (χ4v) is 3.77. The lowest BCUT2D eigenvalue weighted by Crippen LogP contribution is -2.13. The van der Waals surface area contributed by atoms with Crippen LogP contribution in [-0.2, 0) is 0 Å². The molecule has 1 aliphatic carbocycles. The van der Waals surface area contributed by atoms with Crippen LogP contribution in [0, 0.1) is 23.1 Å². The normalized spacial score (nSPS) is 21.0. The topological polar surface area (TPSA) is 23.8 Å². The Kier molecular flexibility index (Phi) is 7.95. The fourth-order valence-electron chi connectivity index (χ4n) is 3.77. The Morgan fingerprint density at radius 1 is 1.08 bits per heavy atom. The summed E-state index contributed by atoms with van der Waals surface area (Å²) in [5.41, 5.74) is 1.18. The maximum atomic E-state index is 13.8. The average molecular weight is 331 g/mol. The number of nitriles is 1. The van der Waals surface area contributed by atoms with E-state index in [1.54, 1.807) is 18.2 Å². The Morgan fingerprint density at radius 2 is 1.83 bits per heavy atom. The molecule has 0 aliphatic heterocycles. The smallest absolute Gasteiger partial charge is 0.141 e. The molecule has 24 heavy (non-hydrogen) atoms. The highest BCUT2D eigenvalue weighted by Gasteiger charge is 2.22. The predicted molar refractivity (Wildman–Crippen MR) is 93.8 cm³/mol. The molecule has 1 nitrogen and oxygen atoms in total. The Labute approximate surface area is 144 Å². The van der Waals surface area contributed by atoms with Crippen molar-refractivity contribution in [1.82, 2.24) is 0 Å². The number of benzene rings is 1. The van der Waals surface area contributed by atoms with Gasteiger partial charge in [-0.2, -0.15) is 5.26 Å². The first-order valence-electron chi connectivity index (χ1n) is 9.19. The van der Waals surface area contributed by atoms with Crippen molar-refractivity contribution in [1.29, 1.82) is 5.26 Å². The van der Waals surface area contributed by atoms with Crippen molar-refractivity contribution < 1.29 is 8.78 Å². The Bertz CT molecular complexity index is 566. The summed E-state index contributed by atoms with van der Waals surface area (Å²) in [7, 11) is 0. The van der Waals surface area contributed by atoms with Gasteiger partial charge in [0.15, 0.2) is 0 Å². The molecule has 2 rings (SSSR count). The lowest BCUT2D eigenvalue weighted by molar-refractivity contribution is 0.301. The molecule has 0 saturated heterocycles. The molecule has 0 heterocycles. The Morgan fingerprint density at radius 3 is 2.50 bits per heavy atom. The van der Waals surface area contributed by atoms with Crippen LogP contribution in [-0.4, -0.2) is 0 Å². The van der Waals surface area contributed by atoms with E-state index in [4.69, 9.17) is 5.26 Å². The van der Waals surface area contributed by atoms with Crippen molar-refractivity contribution in [3.8, 4) is 6.07 Å². The number of rotatable bonds is 8. The monoisotopic (exact) mass is 331 g/mol. The summed E-state index contributed by atoms with van der Waals surface area (Å²) in [5.74, 6) is 0.853. The van der Waals surface area contributed by atoms with E-state index >= 15 is 0 Å². The largest absolute Gasteiger partial charge is 0.216 e. The number of unbranched alkanes of at least 4 members (excludes halogenated alkanes) is 4. The zero-order chi connectivity index (χ0) is 17.2. The van der Waals surface area contributed by atoms with E-state index in [1.165, 1.54) is 38.5 Å². The average Bonchev–Trinajstić information content (AvgIpc) is 2.61. The summed E-state index contributed by atoms with van der Waals surface area (Å²) in [6.07, 6.45) is 13.8. The van der Waals surface area contributed by atoms with Gasteiger partial charge in [0.25, 0.3) is 0 Å². The van der Waals surface area contributed by atoms with E-state index in [0.29, 0.717) is 12.2 Å². The number of hydrogen-bond donors (Lipinski definition) is 0. The van der Waals surface area contributed by atoms with Crippen molar-refractivity contribution in [2.45, 2.75) is 70.1 Å². The van der Waals surface area contributed by atoms with Crippen molar-refractivity contribution in [3.05, 3.63) is 47.5 Å². The first kappa shape index (κ1) is 18.6. The van der Waals surface area contributed by atoms with Gasteiger partial charge < -0.3 is 0 Å². The molecule has 1 aromatic rings. The number of nitrogens with zero attached hydrogens (tertiary/aromatic N) is 1. The summed E-state index contributed by atoms with van der Waals surface area (Å²) in [4.78, 5) is 0. The van der Waals surface area contributed by atoms with Crippen LogP contribution in [0.1, 0.15) is 81.3 Å². The molecule has 0 radical (unpaired) electrons. The van der Waals surface area contributed by atoms with Crippen molar-refractivity contribution in [2.24, 2.45) is 5.92 Å². The number of halogens is 2. The van der Waals surface area contributed by atoms with Crippen molar-refractivity contribution in [3.63, 3.8) is 0 Å². The highest BCUT2D eigenvalue weighted by molar-refractivity contribution is 5.34. The second-order valence-electron chi connectivity index (χ2n) is 6.92. The molecule has 1 saturated carbocycles. The molecule has 0 amide bonds. The molecule has 0 atom stereocenters. The molecular weight excluding hydrogens is 304 g/mol. The van der Waals surface area contributed by atoms with Gasteiger partial charge in [-0.1, -0.05) is 37.8 Å². The van der Waals surface area contributed by atoms with Crippen LogP contribution in [0.15, 0.2) is 30.6 Å². The van der Waals surface area contributed by atoms with Crippen LogP contribution in [0.2, 0.25) is 0 Å². The van der Waals surface area contributed by atoms with Gasteiger partial charge in [-0.25, -0.2) is 8.78 Å². The zero-order valence-corrected chi connectivity index (χ0v) is 14.3. The van der Waals surface area contributed by atoms with Gasteiger partial charge in [0.1, 0.15) is 11.9 Å². The Hall–Kier alpha value is -1.69. The molecule has 1 aromatic carbocycles. The maximum Gasteiger partial charge on any atom is 0.141 e. The van der Waals surface area contributed by atoms with Crippen LogP contribution in [0.5, 0.6) is 0 Å². The number of hydrogen-bond acceptors (Lipinski definition) is 1. The van der Waals surface area contributed by atoms with E-state index in [9.17, 15) is 8.78 Å². The molecule has 0 spiro atoms. The maximum absolute atomic E-state index is 13.8. The SMILES string of the molecule is N#Cc1ccc(C2CCC(CCCCCC/C=C/F)CC2)cc1F. The molecular formula is C21H27F2N. The highest BCUT2D eigenvalue weighted by atomic mass is 19.1. The quantitative estimate of drug-likeness (QED) is 0.481. The van der Waals surface area contributed by atoms with Gasteiger partial charge in [-0.15, -0.1) is 0 Å². The van der Waals surface area contributed by atoms with E-state index in [-0.39, 0.29) is 11.4 Å². The van der Waals surface area contributed by atoms with Gasteiger partial charge >= 0.3 is 0 Å². The standard InChI is InChI=1S/C21H27F2N/c22-14-6-4-2-1-3-5-7-17-8-10-18(11-9-17)19-12-13-20(16-24)21(23)15-19/h6,12-15,17-18H,1-5,7-11H2/b14-6+. The highest BCUT2D eigenvalue weighted by Crippen LogP contribution is 2.38. The Balaban J connectivity index is 1.66. The first-order valence-corrected chi connectivity index (χ1v) is 9.19. The molecule has 0 bridgehead atoms. The molecule has 130 valence electrons. The summed E-state index contributed by atoms with van der Waals surface area (Å²) in [5, 5.41) is 8.81. The number of allylic oxidation sites excluding steroid dienone is 1. The molecule has 1 aliphatic rings. The van der Waals surface area contributed by atoms with E-state index in [0.717, 1.165) is 37.2 Å². The molecule has 0 unspecified atom stereocenters. The predicted octanol–water partition coefficient (Wildman–Crippen LogP) is 6.79. The second kappa shape index (κ2) is 10.2. The second-order valence-corrected chi connectivity index (χ2v) is 6.92. The van der Waals surface area contributed by atoms with Crippen LogP contribution >= 0.6 is 0 Å². The molecule has 0 N–H and O–H groups in total. The lowest BCUT2D eigenvalue weighted by Gasteiger charge is -2.29.